The van der Waals surface area contributed by atoms with E-state index >= 15 is 0 Å². The number of nitrogens with one attached hydrogen (secondary N) is 3. The zero-order valence-corrected chi connectivity index (χ0v) is 17.1. The monoisotopic (exact) mass is 432 g/mol. The highest BCUT2D eigenvalue weighted by atomic mass is 16.4. The Labute approximate surface area is 182 Å². The summed E-state index contributed by atoms with van der Waals surface area (Å²) in [6.07, 6.45) is 2.02. The van der Waals surface area contributed by atoms with Crippen LogP contribution in [0.3, 0.4) is 0 Å². The molecule has 2 aromatic carbocycles. The Morgan fingerprint density at radius 2 is 1.88 bits per heavy atom. The molecule has 162 valence electrons. The maximum Gasteiger partial charge on any atom is 0.371 e. The lowest BCUT2D eigenvalue weighted by Gasteiger charge is -2.19. The summed E-state index contributed by atoms with van der Waals surface area (Å²) < 4.78 is 5.24. The topological polar surface area (TPSA) is 148 Å². The van der Waals surface area contributed by atoms with E-state index in [1.165, 1.54) is 36.2 Å². The van der Waals surface area contributed by atoms with Crippen LogP contribution in [0.5, 0.6) is 5.75 Å². The predicted octanol–water partition coefficient (Wildman–Crippen LogP) is 3.90. The summed E-state index contributed by atoms with van der Waals surface area (Å²) in [6.45, 7) is 1.43. The first-order valence-electron chi connectivity index (χ1n) is 9.81. The summed E-state index contributed by atoms with van der Waals surface area (Å²) in [5, 5.41) is 34.3. The van der Waals surface area contributed by atoms with Crippen molar-refractivity contribution < 1.29 is 24.2 Å². The molecule has 0 spiro atoms. The fourth-order valence-corrected chi connectivity index (χ4v) is 3.31. The number of hydrazone groups is 1. The number of aromatic carboxylic acids is 1. The van der Waals surface area contributed by atoms with E-state index in [0.29, 0.717) is 5.69 Å². The number of carboxylic acid groups (broad SMARTS) is 1. The lowest BCUT2D eigenvalue weighted by Crippen LogP contribution is -2.29. The minimum Gasteiger partial charge on any atom is -0.505 e. The molecule has 0 fully saturated rings. The van der Waals surface area contributed by atoms with Gasteiger partial charge in [0, 0.05) is 5.69 Å². The fraction of sp³-hybridized carbons (Fsp3) is 0.130. The second-order valence-electron chi connectivity index (χ2n) is 7.31. The molecule has 4 rings (SSSR count). The largest absolute Gasteiger partial charge is 0.505 e. The summed E-state index contributed by atoms with van der Waals surface area (Å²) in [4.78, 5) is 23.7. The molecule has 1 amide bonds. The highest BCUT2D eigenvalue weighted by molar-refractivity contribution is 6.67. The number of carboxylic acids is 1. The number of anilines is 2. The number of nitrogens with zero attached hydrogens (tertiary/aromatic N) is 1. The summed E-state index contributed by atoms with van der Waals surface area (Å²) in [6, 6.07) is 13.1. The van der Waals surface area contributed by atoms with Crippen molar-refractivity contribution in [1.82, 2.24) is 0 Å². The number of aromatic hydroxyl groups is 1. The first kappa shape index (κ1) is 20.9. The van der Waals surface area contributed by atoms with E-state index in [0.717, 1.165) is 12.8 Å². The molecule has 0 saturated carbocycles. The lowest BCUT2D eigenvalue weighted by atomic mass is 9.88. The third-order valence-corrected chi connectivity index (χ3v) is 5.10. The molecule has 0 aliphatic heterocycles. The van der Waals surface area contributed by atoms with Gasteiger partial charge in [-0.25, -0.2) is 4.79 Å². The number of phenols is 1. The van der Waals surface area contributed by atoms with Crippen LogP contribution in [-0.2, 0) is 17.6 Å². The van der Waals surface area contributed by atoms with Crippen LogP contribution in [0, 0.1) is 5.41 Å². The number of para-hydroxylation sites is 1. The standard InChI is InChI=1S/C23H20N4O5/c1-12(24)20(22(29)25-15-8-7-13-5-6-14(13)11-15)27-26-17-4-2-3-16(21(17)28)18-9-10-19(32-18)23(30)31/h2-4,7-11,24,26,28H,5-6H2,1H3,(H,25,29)(H,30,31)/b24-12?,27-20-. The third-order valence-electron chi connectivity index (χ3n) is 5.10. The van der Waals surface area contributed by atoms with E-state index in [-0.39, 0.29) is 39.9 Å². The zero-order chi connectivity index (χ0) is 22.8. The van der Waals surface area contributed by atoms with E-state index in [9.17, 15) is 14.7 Å². The highest BCUT2D eigenvalue weighted by Gasteiger charge is 2.19. The Morgan fingerprint density at radius 1 is 1.09 bits per heavy atom. The Morgan fingerprint density at radius 3 is 2.50 bits per heavy atom. The molecule has 0 atom stereocenters. The van der Waals surface area contributed by atoms with Gasteiger partial charge in [0.25, 0.3) is 5.91 Å². The molecular formula is C23H20N4O5. The van der Waals surface area contributed by atoms with Crippen LogP contribution in [0.25, 0.3) is 11.3 Å². The van der Waals surface area contributed by atoms with Crippen LogP contribution in [0.15, 0.2) is 58.0 Å². The number of carbonyl (C=O) groups excluding carboxylic acids is 1. The number of hydrogen-bond donors (Lipinski definition) is 5. The smallest absolute Gasteiger partial charge is 0.371 e. The molecular weight excluding hydrogens is 412 g/mol. The van der Waals surface area contributed by atoms with E-state index < -0.39 is 11.9 Å². The number of carbonyl (C=O) groups is 2. The molecule has 3 aromatic rings. The second-order valence-corrected chi connectivity index (χ2v) is 7.31. The van der Waals surface area contributed by atoms with E-state index in [2.05, 4.69) is 15.8 Å². The normalized spacial score (nSPS) is 12.5. The molecule has 0 bridgehead atoms. The second kappa shape index (κ2) is 8.38. The van der Waals surface area contributed by atoms with Crippen molar-refractivity contribution in [2.24, 2.45) is 5.10 Å². The van der Waals surface area contributed by atoms with Gasteiger partial charge in [-0.05, 0) is 67.3 Å². The molecule has 1 aromatic heterocycles. The van der Waals surface area contributed by atoms with Crippen molar-refractivity contribution in [3.05, 3.63) is 65.4 Å². The zero-order valence-electron chi connectivity index (χ0n) is 17.1. The summed E-state index contributed by atoms with van der Waals surface area (Å²) in [7, 11) is 0. The Balaban J connectivity index is 1.55. The Hall–Kier alpha value is -4.40. The molecule has 9 heteroatoms. The van der Waals surface area contributed by atoms with Gasteiger partial charge in [0.05, 0.1) is 17.0 Å². The van der Waals surface area contributed by atoms with Gasteiger partial charge in [-0.2, -0.15) is 5.10 Å². The van der Waals surface area contributed by atoms with Crippen molar-refractivity contribution in [3.63, 3.8) is 0 Å². The maximum atomic E-state index is 12.7. The van der Waals surface area contributed by atoms with Crippen molar-refractivity contribution in [3.8, 4) is 17.1 Å². The average Bonchev–Trinajstić information content (AvgIpc) is 3.21. The number of benzene rings is 2. The van der Waals surface area contributed by atoms with Crippen LogP contribution in [0.4, 0.5) is 11.4 Å². The fourth-order valence-electron chi connectivity index (χ4n) is 3.31. The van der Waals surface area contributed by atoms with Crippen molar-refractivity contribution in [2.75, 3.05) is 10.7 Å². The minimum atomic E-state index is -1.22. The maximum absolute atomic E-state index is 12.7. The minimum absolute atomic E-state index is 0.0632. The molecule has 1 heterocycles. The van der Waals surface area contributed by atoms with Crippen LogP contribution >= 0.6 is 0 Å². The summed E-state index contributed by atoms with van der Waals surface area (Å²) in [5.74, 6) is -2.12. The number of furan rings is 1. The number of rotatable bonds is 7. The molecule has 9 nitrogen and oxygen atoms in total. The molecule has 1 aliphatic carbocycles. The van der Waals surface area contributed by atoms with Gasteiger partial charge in [0.15, 0.2) is 11.5 Å². The Bertz CT molecular complexity index is 1280. The van der Waals surface area contributed by atoms with Crippen molar-refractivity contribution in [1.29, 1.82) is 5.41 Å². The van der Waals surface area contributed by atoms with Crippen LogP contribution < -0.4 is 10.7 Å². The Kier molecular flexibility index (Phi) is 5.46. The molecule has 5 N–H and O–H groups in total. The van der Waals surface area contributed by atoms with Gasteiger partial charge in [-0.1, -0.05) is 12.1 Å². The first-order chi connectivity index (χ1) is 15.3. The molecule has 0 saturated heterocycles. The van der Waals surface area contributed by atoms with Crippen molar-refractivity contribution >= 4 is 34.7 Å². The third kappa shape index (κ3) is 4.08. The molecule has 1 aliphatic rings. The van der Waals surface area contributed by atoms with Gasteiger partial charge >= 0.3 is 5.97 Å². The van der Waals surface area contributed by atoms with Gasteiger partial charge in [-0.3, -0.25) is 10.2 Å². The lowest BCUT2D eigenvalue weighted by molar-refractivity contribution is -0.110. The number of phenolic OH excluding ortho intramolecular Hbond substituents is 1. The summed E-state index contributed by atoms with van der Waals surface area (Å²) in [5.41, 5.74) is 5.89. The van der Waals surface area contributed by atoms with Crippen LogP contribution in [0.2, 0.25) is 0 Å². The molecule has 0 unspecified atom stereocenters. The number of hydrogen-bond acceptors (Lipinski definition) is 7. The predicted molar refractivity (Wildman–Crippen MR) is 120 cm³/mol. The van der Waals surface area contributed by atoms with Crippen LogP contribution in [-0.4, -0.2) is 33.5 Å². The van der Waals surface area contributed by atoms with Gasteiger partial charge in [-0.15, -0.1) is 0 Å². The molecule has 0 radical (unpaired) electrons. The summed E-state index contributed by atoms with van der Waals surface area (Å²) >= 11 is 0. The average molecular weight is 432 g/mol. The first-order valence-corrected chi connectivity index (χ1v) is 9.81. The van der Waals surface area contributed by atoms with Gasteiger partial charge in [0.1, 0.15) is 5.76 Å². The van der Waals surface area contributed by atoms with Crippen molar-refractivity contribution in [2.45, 2.75) is 19.8 Å². The van der Waals surface area contributed by atoms with E-state index in [1.807, 2.05) is 18.2 Å². The number of aryl methyl sites for hydroxylation is 2. The quantitative estimate of drug-likeness (QED) is 0.217. The van der Waals surface area contributed by atoms with Gasteiger partial charge < -0.3 is 25.4 Å². The van der Waals surface area contributed by atoms with E-state index in [1.54, 1.807) is 12.1 Å². The number of amides is 1. The SMILES string of the molecule is CC(=N)/C(=N/Nc1cccc(-c2ccc(C(=O)O)o2)c1O)C(=O)Nc1ccc2c(c1)CC2. The van der Waals surface area contributed by atoms with Crippen LogP contribution in [0.1, 0.15) is 28.6 Å². The highest BCUT2D eigenvalue weighted by Crippen LogP contribution is 2.36. The van der Waals surface area contributed by atoms with Gasteiger partial charge in [0.2, 0.25) is 5.76 Å². The molecule has 32 heavy (non-hydrogen) atoms. The van der Waals surface area contributed by atoms with E-state index in [4.69, 9.17) is 14.9 Å². The number of fused-ring (bicyclic) bond motifs is 1.